The number of benzene rings is 1. The van der Waals surface area contributed by atoms with Crippen molar-refractivity contribution in [2.24, 2.45) is 0 Å². The quantitative estimate of drug-likeness (QED) is 0.670. The first-order valence-corrected chi connectivity index (χ1v) is 10.1. The summed E-state index contributed by atoms with van der Waals surface area (Å²) in [5, 5.41) is 11.1. The lowest BCUT2D eigenvalue weighted by Gasteiger charge is -2.30. The molecule has 0 spiro atoms. The van der Waals surface area contributed by atoms with Gasteiger partial charge in [-0.2, -0.15) is 0 Å². The lowest BCUT2D eigenvalue weighted by molar-refractivity contribution is -0.132. The summed E-state index contributed by atoms with van der Waals surface area (Å²) >= 11 is 1.62. The molecular weight excluding hydrogens is 360 g/mol. The van der Waals surface area contributed by atoms with Crippen LogP contribution < -0.4 is 0 Å². The van der Waals surface area contributed by atoms with Crippen molar-refractivity contribution in [1.82, 2.24) is 20.1 Å². The summed E-state index contributed by atoms with van der Waals surface area (Å²) in [6.45, 7) is 3.30. The molecule has 0 aliphatic carbocycles. The minimum atomic E-state index is 0.201. The van der Waals surface area contributed by atoms with E-state index >= 15 is 0 Å². The van der Waals surface area contributed by atoms with Gasteiger partial charge in [0.05, 0.1) is 10.7 Å². The van der Waals surface area contributed by atoms with Crippen LogP contribution in [0.2, 0.25) is 0 Å². The van der Waals surface area contributed by atoms with Crippen molar-refractivity contribution < 1.29 is 9.21 Å². The van der Waals surface area contributed by atoms with E-state index in [2.05, 4.69) is 32.7 Å². The van der Waals surface area contributed by atoms with Crippen molar-refractivity contribution in [3.05, 3.63) is 52.5 Å². The highest BCUT2D eigenvalue weighted by molar-refractivity contribution is 7.09. The van der Waals surface area contributed by atoms with E-state index in [9.17, 15) is 4.79 Å². The van der Waals surface area contributed by atoms with Gasteiger partial charge in [-0.1, -0.05) is 30.3 Å². The second-order valence-electron chi connectivity index (χ2n) is 6.81. The lowest BCUT2D eigenvalue weighted by Crippen LogP contribution is -2.38. The summed E-state index contributed by atoms with van der Waals surface area (Å²) in [5.41, 5.74) is 2.10. The summed E-state index contributed by atoms with van der Waals surface area (Å²) in [6, 6.07) is 10.1. The van der Waals surface area contributed by atoms with E-state index < -0.39 is 0 Å². The number of aryl methyl sites for hydroxylation is 2. The van der Waals surface area contributed by atoms with E-state index in [0.717, 1.165) is 42.2 Å². The van der Waals surface area contributed by atoms with E-state index in [1.807, 2.05) is 23.1 Å². The van der Waals surface area contributed by atoms with Gasteiger partial charge < -0.3 is 9.32 Å². The van der Waals surface area contributed by atoms with E-state index in [1.54, 1.807) is 18.3 Å². The van der Waals surface area contributed by atoms with Crippen molar-refractivity contribution >= 4 is 17.2 Å². The van der Waals surface area contributed by atoms with Crippen LogP contribution >= 0.6 is 11.3 Å². The zero-order chi connectivity index (χ0) is 18.6. The molecule has 4 rings (SSSR count). The van der Waals surface area contributed by atoms with E-state index in [1.165, 1.54) is 0 Å². The minimum Gasteiger partial charge on any atom is -0.425 e. The Kier molecular flexibility index (Phi) is 5.29. The Morgan fingerprint density at radius 3 is 2.70 bits per heavy atom. The van der Waals surface area contributed by atoms with Gasteiger partial charge in [0, 0.05) is 49.7 Å². The number of amides is 1. The first-order valence-electron chi connectivity index (χ1n) is 9.26. The molecule has 140 valence electrons. The average molecular weight is 382 g/mol. The zero-order valence-corrected chi connectivity index (χ0v) is 16.1. The van der Waals surface area contributed by atoms with Gasteiger partial charge in [-0.3, -0.25) is 4.79 Å². The number of rotatable bonds is 5. The molecule has 1 saturated heterocycles. The molecule has 0 saturated carbocycles. The predicted molar refractivity (Wildman–Crippen MR) is 103 cm³/mol. The molecule has 3 aromatic rings. The standard InChI is InChI=1S/C20H22N4O2S/c1-14-22-23-20(26-14)16-9-11-24(12-10-16)19(25)8-7-18-21-17(13-27-18)15-5-3-2-4-6-15/h2-6,13,16H,7-12H2,1H3. The summed E-state index contributed by atoms with van der Waals surface area (Å²) < 4.78 is 5.53. The molecule has 6 nitrogen and oxygen atoms in total. The zero-order valence-electron chi connectivity index (χ0n) is 15.3. The average Bonchev–Trinajstić information content (AvgIpc) is 3.36. The van der Waals surface area contributed by atoms with Crippen LogP contribution in [0.15, 0.2) is 40.1 Å². The molecule has 0 unspecified atom stereocenters. The maximum absolute atomic E-state index is 12.5. The van der Waals surface area contributed by atoms with Crippen LogP contribution in [0.25, 0.3) is 11.3 Å². The summed E-state index contributed by atoms with van der Waals surface area (Å²) in [7, 11) is 0. The van der Waals surface area contributed by atoms with E-state index in [0.29, 0.717) is 24.6 Å². The molecule has 3 heterocycles. The molecule has 2 aromatic heterocycles. The fraction of sp³-hybridized carbons (Fsp3) is 0.400. The maximum Gasteiger partial charge on any atom is 0.222 e. The number of piperidine rings is 1. The topological polar surface area (TPSA) is 72.1 Å². The van der Waals surface area contributed by atoms with Gasteiger partial charge in [-0.15, -0.1) is 21.5 Å². The Hall–Kier alpha value is -2.54. The smallest absolute Gasteiger partial charge is 0.222 e. The maximum atomic E-state index is 12.5. The van der Waals surface area contributed by atoms with Gasteiger partial charge in [-0.25, -0.2) is 4.98 Å². The Morgan fingerprint density at radius 2 is 2.00 bits per heavy atom. The molecule has 1 fully saturated rings. The number of nitrogens with zero attached hydrogens (tertiary/aromatic N) is 4. The number of aromatic nitrogens is 3. The molecule has 27 heavy (non-hydrogen) atoms. The normalized spacial score (nSPS) is 15.2. The highest BCUT2D eigenvalue weighted by Crippen LogP contribution is 2.27. The Bertz CT molecular complexity index is 898. The van der Waals surface area contributed by atoms with Gasteiger partial charge >= 0.3 is 0 Å². The summed E-state index contributed by atoms with van der Waals surface area (Å²) in [5.74, 6) is 1.77. The monoisotopic (exact) mass is 382 g/mol. The molecule has 0 bridgehead atoms. The number of hydrogen-bond acceptors (Lipinski definition) is 6. The second kappa shape index (κ2) is 8.00. The fourth-order valence-electron chi connectivity index (χ4n) is 3.39. The number of carbonyl (C=O) groups excluding carboxylic acids is 1. The Balaban J connectivity index is 1.27. The summed E-state index contributed by atoms with van der Waals surface area (Å²) in [4.78, 5) is 19.2. The molecule has 1 amide bonds. The van der Waals surface area contributed by atoms with E-state index in [-0.39, 0.29) is 11.8 Å². The van der Waals surface area contributed by atoms with Gasteiger partial charge in [0.15, 0.2) is 0 Å². The molecule has 0 radical (unpaired) electrons. The van der Waals surface area contributed by atoms with Crippen molar-refractivity contribution in [3.63, 3.8) is 0 Å². The van der Waals surface area contributed by atoms with Crippen LogP contribution in [0.3, 0.4) is 0 Å². The molecule has 0 N–H and O–H groups in total. The van der Waals surface area contributed by atoms with Crippen LogP contribution in [0.1, 0.15) is 42.0 Å². The first-order chi connectivity index (χ1) is 13.2. The lowest BCUT2D eigenvalue weighted by atomic mass is 9.96. The van der Waals surface area contributed by atoms with Gasteiger partial charge in [-0.05, 0) is 12.8 Å². The number of thiazole rings is 1. The van der Waals surface area contributed by atoms with Crippen molar-refractivity contribution in [1.29, 1.82) is 0 Å². The van der Waals surface area contributed by atoms with Crippen LogP contribution in [0.5, 0.6) is 0 Å². The van der Waals surface area contributed by atoms with E-state index in [4.69, 9.17) is 4.42 Å². The van der Waals surface area contributed by atoms with Crippen molar-refractivity contribution in [3.8, 4) is 11.3 Å². The third kappa shape index (κ3) is 4.24. The van der Waals surface area contributed by atoms with Gasteiger partial charge in [0.25, 0.3) is 0 Å². The highest BCUT2D eigenvalue weighted by Gasteiger charge is 2.26. The Labute approximate surface area is 162 Å². The van der Waals surface area contributed by atoms with Crippen molar-refractivity contribution in [2.75, 3.05) is 13.1 Å². The van der Waals surface area contributed by atoms with Crippen LogP contribution in [0.4, 0.5) is 0 Å². The minimum absolute atomic E-state index is 0.201. The van der Waals surface area contributed by atoms with Crippen molar-refractivity contribution in [2.45, 2.75) is 38.5 Å². The van der Waals surface area contributed by atoms with Crippen LogP contribution in [-0.2, 0) is 11.2 Å². The highest BCUT2D eigenvalue weighted by atomic mass is 32.1. The number of carbonyl (C=O) groups is 1. The van der Waals surface area contributed by atoms with Crippen LogP contribution in [0, 0.1) is 6.92 Å². The molecule has 1 aliphatic heterocycles. The number of likely N-dealkylation sites (tertiary alicyclic amines) is 1. The third-order valence-corrected chi connectivity index (χ3v) is 5.82. The first kappa shape index (κ1) is 17.9. The second-order valence-corrected chi connectivity index (χ2v) is 7.75. The molecule has 1 aromatic carbocycles. The molecule has 7 heteroatoms. The molecule has 1 aliphatic rings. The molecule has 0 atom stereocenters. The Morgan fingerprint density at radius 1 is 1.22 bits per heavy atom. The molecular formula is C20H22N4O2S. The predicted octanol–water partition coefficient (Wildman–Crippen LogP) is 3.84. The van der Waals surface area contributed by atoms with Gasteiger partial charge in [0.2, 0.25) is 17.7 Å². The SMILES string of the molecule is Cc1nnc(C2CCN(C(=O)CCc3nc(-c4ccccc4)cs3)CC2)o1. The summed E-state index contributed by atoms with van der Waals surface area (Å²) in [6.07, 6.45) is 2.96. The largest absolute Gasteiger partial charge is 0.425 e. The number of hydrogen-bond donors (Lipinski definition) is 0. The van der Waals surface area contributed by atoms with Gasteiger partial charge in [0.1, 0.15) is 0 Å². The van der Waals surface area contributed by atoms with Crippen LogP contribution in [-0.4, -0.2) is 39.1 Å². The fourth-order valence-corrected chi connectivity index (χ4v) is 4.20. The third-order valence-electron chi connectivity index (χ3n) is 4.91.